The standard InChI is InChI=1S/C6H10N2O2/c1-6(5(9)10-2)3-4-7-8-6/h3-4H2,1-2H3. The molecule has 0 aromatic carbocycles. The van der Waals surface area contributed by atoms with Crippen molar-refractivity contribution in [3.8, 4) is 0 Å². The molecule has 0 N–H and O–H groups in total. The number of nitrogens with zero attached hydrogens (tertiary/aromatic N) is 2. The quantitative estimate of drug-likeness (QED) is 0.508. The second kappa shape index (κ2) is 2.36. The molecule has 0 radical (unpaired) electrons. The summed E-state index contributed by atoms with van der Waals surface area (Å²) in [5.74, 6) is -0.297. The van der Waals surface area contributed by atoms with Crippen LogP contribution in [0.2, 0.25) is 0 Å². The van der Waals surface area contributed by atoms with Crippen LogP contribution < -0.4 is 0 Å². The molecule has 0 aliphatic carbocycles. The van der Waals surface area contributed by atoms with Gasteiger partial charge in [-0.2, -0.15) is 10.2 Å². The molecule has 1 aliphatic heterocycles. The van der Waals surface area contributed by atoms with Crippen LogP contribution in [0, 0.1) is 0 Å². The largest absolute Gasteiger partial charge is 0.467 e. The van der Waals surface area contributed by atoms with Gasteiger partial charge < -0.3 is 4.74 Å². The Balaban J connectivity index is 2.68. The summed E-state index contributed by atoms with van der Waals surface area (Å²) in [5, 5.41) is 7.52. The van der Waals surface area contributed by atoms with Crippen molar-refractivity contribution < 1.29 is 9.53 Å². The van der Waals surface area contributed by atoms with Gasteiger partial charge in [-0.3, -0.25) is 0 Å². The number of esters is 1. The average Bonchev–Trinajstić information content (AvgIpc) is 2.36. The minimum Gasteiger partial charge on any atom is -0.467 e. The maximum Gasteiger partial charge on any atom is 0.335 e. The lowest BCUT2D eigenvalue weighted by Gasteiger charge is -2.13. The summed E-state index contributed by atoms with van der Waals surface area (Å²) in [7, 11) is 1.36. The number of ether oxygens (including phenoxy) is 1. The van der Waals surface area contributed by atoms with Crippen LogP contribution in [-0.4, -0.2) is 25.2 Å². The fraction of sp³-hybridized carbons (Fsp3) is 0.833. The smallest absolute Gasteiger partial charge is 0.335 e. The van der Waals surface area contributed by atoms with E-state index in [4.69, 9.17) is 0 Å². The van der Waals surface area contributed by atoms with E-state index in [0.717, 1.165) is 0 Å². The summed E-state index contributed by atoms with van der Waals surface area (Å²) in [6.45, 7) is 2.36. The molecule has 0 fully saturated rings. The fourth-order valence-electron chi connectivity index (χ4n) is 0.887. The lowest BCUT2D eigenvalue weighted by molar-refractivity contribution is -0.146. The molecule has 0 aromatic rings. The van der Waals surface area contributed by atoms with Crippen molar-refractivity contribution >= 4 is 5.97 Å². The SMILES string of the molecule is COC(=O)C1(C)CCN=N1. The second-order valence-corrected chi connectivity index (χ2v) is 2.48. The molecule has 0 bridgehead atoms. The normalized spacial score (nSPS) is 30.6. The summed E-state index contributed by atoms with van der Waals surface area (Å²) < 4.78 is 4.54. The first-order valence-electron chi connectivity index (χ1n) is 3.16. The Kier molecular flexibility index (Phi) is 1.70. The van der Waals surface area contributed by atoms with Crippen LogP contribution in [-0.2, 0) is 9.53 Å². The first-order valence-corrected chi connectivity index (χ1v) is 3.16. The van der Waals surface area contributed by atoms with Gasteiger partial charge in [-0.25, -0.2) is 4.79 Å². The second-order valence-electron chi connectivity index (χ2n) is 2.48. The van der Waals surface area contributed by atoms with Gasteiger partial charge in [0, 0.05) is 6.42 Å². The predicted octanol–water partition coefficient (Wildman–Crippen LogP) is 0.774. The minimum atomic E-state index is -0.700. The molecule has 0 aromatic heterocycles. The highest BCUT2D eigenvalue weighted by atomic mass is 16.5. The van der Waals surface area contributed by atoms with E-state index < -0.39 is 5.54 Å². The van der Waals surface area contributed by atoms with E-state index >= 15 is 0 Å². The molecule has 10 heavy (non-hydrogen) atoms. The van der Waals surface area contributed by atoms with Crippen molar-refractivity contribution in [2.75, 3.05) is 13.7 Å². The highest BCUT2D eigenvalue weighted by molar-refractivity contribution is 5.80. The summed E-state index contributed by atoms with van der Waals surface area (Å²) in [6, 6.07) is 0. The van der Waals surface area contributed by atoms with E-state index in [0.29, 0.717) is 13.0 Å². The molecule has 0 amide bonds. The summed E-state index contributed by atoms with van der Waals surface area (Å²) in [6.07, 6.45) is 0.666. The number of methoxy groups -OCH3 is 1. The molecule has 1 aliphatic rings. The van der Waals surface area contributed by atoms with Gasteiger partial charge in [-0.05, 0) is 6.92 Å². The zero-order chi connectivity index (χ0) is 7.61. The maximum atomic E-state index is 11.0. The number of rotatable bonds is 1. The molecular formula is C6H10N2O2. The minimum absolute atomic E-state index is 0.297. The molecule has 1 unspecified atom stereocenters. The Bertz CT molecular complexity index is 179. The van der Waals surface area contributed by atoms with Crippen molar-refractivity contribution in [2.24, 2.45) is 10.2 Å². The van der Waals surface area contributed by atoms with Gasteiger partial charge in [-0.15, -0.1) is 0 Å². The van der Waals surface area contributed by atoms with Gasteiger partial charge in [0.15, 0.2) is 5.54 Å². The van der Waals surface area contributed by atoms with Crippen molar-refractivity contribution in [3.63, 3.8) is 0 Å². The zero-order valence-electron chi connectivity index (χ0n) is 6.13. The van der Waals surface area contributed by atoms with Gasteiger partial charge in [-0.1, -0.05) is 0 Å². The van der Waals surface area contributed by atoms with Gasteiger partial charge in [0.1, 0.15) is 0 Å². The topological polar surface area (TPSA) is 51.0 Å². The van der Waals surface area contributed by atoms with Crippen LogP contribution in [0.4, 0.5) is 0 Å². The van der Waals surface area contributed by atoms with Crippen molar-refractivity contribution in [3.05, 3.63) is 0 Å². The lowest BCUT2D eigenvalue weighted by Crippen LogP contribution is -2.32. The summed E-state index contributed by atoms with van der Waals surface area (Å²) >= 11 is 0. The van der Waals surface area contributed by atoms with Gasteiger partial charge >= 0.3 is 5.97 Å². The molecule has 0 saturated heterocycles. The summed E-state index contributed by atoms with van der Waals surface area (Å²) in [5.41, 5.74) is -0.700. The Labute approximate surface area is 59.3 Å². The van der Waals surface area contributed by atoms with Gasteiger partial charge in [0.25, 0.3) is 0 Å². The molecule has 1 atom stereocenters. The molecular weight excluding hydrogens is 132 g/mol. The Morgan fingerprint density at radius 2 is 2.40 bits per heavy atom. The van der Waals surface area contributed by atoms with Crippen LogP contribution in [0.5, 0.6) is 0 Å². The third-order valence-corrected chi connectivity index (χ3v) is 1.62. The van der Waals surface area contributed by atoms with E-state index in [-0.39, 0.29) is 5.97 Å². The van der Waals surface area contributed by atoms with Crippen LogP contribution in [0.25, 0.3) is 0 Å². The van der Waals surface area contributed by atoms with Gasteiger partial charge in [0.05, 0.1) is 13.7 Å². The van der Waals surface area contributed by atoms with Gasteiger partial charge in [0.2, 0.25) is 0 Å². The fourth-order valence-corrected chi connectivity index (χ4v) is 0.887. The summed E-state index contributed by atoms with van der Waals surface area (Å²) in [4.78, 5) is 11.0. The van der Waals surface area contributed by atoms with Crippen LogP contribution >= 0.6 is 0 Å². The molecule has 56 valence electrons. The zero-order valence-corrected chi connectivity index (χ0v) is 6.13. The monoisotopic (exact) mass is 142 g/mol. The molecule has 0 spiro atoms. The number of hydrogen-bond donors (Lipinski definition) is 0. The molecule has 1 heterocycles. The van der Waals surface area contributed by atoms with E-state index in [1.807, 2.05) is 0 Å². The van der Waals surface area contributed by atoms with Crippen LogP contribution in [0.1, 0.15) is 13.3 Å². The van der Waals surface area contributed by atoms with E-state index in [2.05, 4.69) is 15.0 Å². The van der Waals surface area contributed by atoms with E-state index in [1.54, 1.807) is 6.92 Å². The number of azo groups is 1. The lowest BCUT2D eigenvalue weighted by atomic mass is 10.0. The molecule has 4 heteroatoms. The third kappa shape index (κ3) is 1.01. The first-order chi connectivity index (χ1) is 4.69. The highest BCUT2D eigenvalue weighted by Crippen LogP contribution is 2.22. The molecule has 4 nitrogen and oxygen atoms in total. The predicted molar refractivity (Wildman–Crippen MR) is 34.8 cm³/mol. The third-order valence-electron chi connectivity index (χ3n) is 1.62. The first kappa shape index (κ1) is 7.18. The highest BCUT2D eigenvalue weighted by Gasteiger charge is 2.36. The molecule has 1 rings (SSSR count). The average molecular weight is 142 g/mol. The number of carbonyl (C=O) groups excluding carboxylic acids is 1. The Morgan fingerprint density at radius 1 is 1.70 bits per heavy atom. The van der Waals surface area contributed by atoms with E-state index in [9.17, 15) is 4.79 Å². The maximum absolute atomic E-state index is 11.0. The van der Waals surface area contributed by atoms with Crippen LogP contribution in [0.3, 0.4) is 0 Å². The van der Waals surface area contributed by atoms with Crippen molar-refractivity contribution in [2.45, 2.75) is 18.9 Å². The van der Waals surface area contributed by atoms with Crippen molar-refractivity contribution in [1.82, 2.24) is 0 Å². The number of hydrogen-bond acceptors (Lipinski definition) is 4. The Hall–Kier alpha value is -0.930. The van der Waals surface area contributed by atoms with E-state index in [1.165, 1.54) is 7.11 Å². The molecule has 0 saturated carbocycles. The van der Waals surface area contributed by atoms with Crippen LogP contribution in [0.15, 0.2) is 10.2 Å². The van der Waals surface area contributed by atoms with Crippen molar-refractivity contribution in [1.29, 1.82) is 0 Å². The Morgan fingerprint density at radius 3 is 2.80 bits per heavy atom. The number of carbonyl (C=O) groups is 1.